The van der Waals surface area contributed by atoms with Crippen molar-refractivity contribution in [1.29, 1.82) is 0 Å². The summed E-state index contributed by atoms with van der Waals surface area (Å²) in [7, 11) is 0. The van der Waals surface area contributed by atoms with E-state index in [1.54, 1.807) is 0 Å². The number of aliphatic hydroxyl groups excluding tert-OH is 1. The number of benzene rings is 1. The lowest BCUT2D eigenvalue weighted by atomic mass is 9.80. The highest BCUT2D eigenvalue weighted by atomic mass is 35.5. The second kappa shape index (κ2) is 4.27. The van der Waals surface area contributed by atoms with Gasteiger partial charge < -0.3 is 10.0 Å². The lowest BCUT2D eigenvalue weighted by molar-refractivity contribution is 0.0351. The van der Waals surface area contributed by atoms with Crippen molar-refractivity contribution in [3.8, 4) is 0 Å². The molecule has 1 aromatic carbocycles. The molecule has 2 rings (SSSR count). The smallest absolute Gasteiger partial charge is 0.0766 e. The number of aliphatic hydroxyl groups is 1. The van der Waals surface area contributed by atoms with E-state index >= 15 is 0 Å². The molecule has 1 heterocycles. The number of hydrogen-bond acceptors (Lipinski definition) is 2. The van der Waals surface area contributed by atoms with Crippen LogP contribution in [0.4, 0.5) is 5.69 Å². The maximum Gasteiger partial charge on any atom is 0.0766 e. The van der Waals surface area contributed by atoms with Gasteiger partial charge in [-0.15, -0.1) is 0 Å². The Hall–Kier alpha value is -0.730. The van der Waals surface area contributed by atoms with Gasteiger partial charge in [-0.25, -0.2) is 0 Å². The SMILES string of the molecule is CC1(C)CCN(c2cccc(Cl)c2)CC1O. The molecule has 1 fully saturated rings. The van der Waals surface area contributed by atoms with Crippen molar-refractivity contribution in [1.82, 2.24) is 0 Å². The lowest BCUT2D eigenvalue weighted by Crippen LogP contribution is -2.48. The summed E-state index contributed by atoms with van der Waals surface area (Å²) in [6.07, 6.45) is 0.723. The molecule has 88 valence electrons. The van der Waals surface area contributed by atoms with Gasteiger partial charge in [0.05, 0.1) is 6.10 Å². The fourth-order valence-electron chi connectivity index (χ4n) is 2.04. The number of piperidine rings is 1. The number of halogens is 1. The van der Waals surface area contributed by atoms with Gasteiger partial charge in [-0.2, -0.15) is 0 Å². The minimum atomic E-state index is -0.278. The zero-order valence-corrected chi connectivity index (χ0v) is 10.5. The molecule has 2 nitrogen and oxygen atoms in total. The molecule has 3 heteroatoms. The predicted octanol–water partition coefficient (Wildman–Crippen LogP) is 2.94. The maximum atomic E-state index is 10.1. The van der Waals surface area contributed by atoms with Gasteiger partial charge >= 0.3 is 0 Å². The van der Waals surface area contributed by atoms with Crippen molar-refractivity contribution in [3.63, 3.8) is 0 Å². The summed E-state index contributed by atoms with van der Waals surface area (Å²) < 4.78 is 0. The molecule has 1 saturated heterocycles. The molecule has 0 radical (unpaired) electrons. The minimum Gasteiger partial charge on any atom is -0.391 e. The van der Waals surface area contributed by atoms with E-state index in [4.69, 9.17) is 11.6 Å². The molecule has 0 aliphatic carbocycles. The Morgan fingerprint density at radius 3 is 2.81 bits per heavy atom. The molecule has 0 aromatic heterocycles. The number of hydrogen-bond donors (Lipinski definition) is 1. The second-order valence-corrected chi connectivity index (χ2v) is 5.62. The van der Waals surface area contributed by atoms with Crippen LogP contribution in [0.3, 0.4) is 0 Å². The quantitative estimate of drug-likeness (QED) is 0.815. The third-order valence-corrected chi connectivity index (χ3v) is 3.73. The number of anilines is 1. The van der Waals surface area contributed by atoms with E-state index in [1.165, 1.54) is 0 Å². The van der Waals surface area contributed by atoms with Crippen molar-refractivity contribution < 1.29 is 5.11 Å². The average molecular weight is 240 g/mol. The molecule has 0 spiro atoms. The summed E-state index contributed by atoms with van der Waals surface area (Å²) in [5.41, 5.74) is 1.12. The van der Waals surface area contributed by atoms with Gasteiger partial charge in [-0.05, 0) is 30.0 Å². The fraction of sp³-hybridized carbons (Fsp3) is 0.538. The molecular formula is C13H18ClNO. The van der Waals surface area contributed by atoms with Crippen molar-refractivity contribution in [2.45, 2.75) is 26.4 Å². The van der Waals surface area contributed by atoms with E-state index in [-0.39, 0.29) is 11.5 Å². The minimum absolute atomic E-state index is 0.0229. The molecule has 1 aliphatic heterocycles. The van der Waals surface area contributed by atoms with E-state index in [0.717, 1.165) is 23.7 Å². The Kier molecular flexibility index (Phi) is 3.13. The van der Waals surface area contributed by atoms with Crippen molar-refractivity contribution in [2.24, 2.45) is 5.41 Å². The molecule has 0 bridgehead atoms. The normalized spacial score (nSPS) is 24.5. The van der Waals surface area contributed by atoms with Crippen LogP contribution in [0.25, 0.3) is 0 Å². The first-order valence-corrected chi connectivity index (χ1v) is 6.05. The maximum absolute atomic E-state index is 10.1. The topological polar surface area (TPSA) is 23.5 Å². The van der Waals surface area contributed by atoms with E-state index in [1.807, 2.05) is 24.3 Å². The molecule has 0 saturated carbocycles. The summed E-state index contributed by atoms with van der Waals surface area (Å²) in [6, 6.07) is 7.81. The monoisotopic (exact) mass is 239 g/mol. The van der Waals surface area contributed by atoms with Crippen LogP contribution >= 0.6 is 11.6 Å². The summed E-state index contributed by atoms with van der Waals surface area (Å²) in [5, 5.41) is 10.8. The van der Waals surface area contributed by atoms with E-state index in [0.29, 0.717) is 6.54 Å². The van der Waals surface area contributed by atoms with E-state index < -0.39 is 0 Å². The van der Waals surface area contributed by atoms with Crippen LogP contribution in [-0.2, 0) is 0 Å². The van der Waals surface area contributed by atoms with Crippen molar-refractivity contribution in [2.75, 3.05) is 18.0 Å². The van der Waals surface area contributed by atoms with Gasteiger partial charge in [0, 0.05) is 23.8 Å². The Labute approximate surface area is 102 Å². The Morgan fingerprint density at radius 2 is 2.19 bits per heavy atom. The fourth-order valence-corrected chi connectivity index (χ4v) is 2.23. The molecule has 1 N–H and O–H groups in total. The largest absolute Gasteiger partial charge is 0.391 e. The predicted molar refractivity (Wildman–Crippen MR) is 68.1 cm³/mol. The molecule has 1 aliphatic rings. The third-order valence-electron chi connectivity index (χ3n) is 3.49. The molecular weight excluding hydrogens is 222 g/mol. The lowest BCUT2D eigenvalue weighted by Gasteiger charge is -2.42. The van der Waals surface area contributed by atoms with Gasteiger partial charge in [0.2, 0.25) is 0 Å². The highest BCUT2D eigenvalue weighted by molar-refractivity contribution is 6.30. The van der Waals surface area contributed by atoms with Crippen molar-refractivity contribution in [3.05, 3.63) is 29.3 Å². The first-order chi connectivity index (χ1) is 7.49. The van der Waals surface area contributed by atoms with Gasteiger partial charge in [-0.3, -0.25) is 0 Å². The van der Waals surface area contributed by atoms with Gasteiger partial charge in [0.15, 0.2) is 0 Å². The number of β-amino-alcohol motifs (C(OH)–C–C–N with tert-alkyl or cyclic N) is 1. The Morgan fingerprint density at radius 1 is 1.44 bits per heavy atom. The van der Waals surface area contributed by atoms with E-state index in [9.17, 15) is 5.11 Å². The standard InChI is InChI=1S/C13H18ClNO/c1-13(2)6-7-15(9-12(13)16)11-5-3-4-10(14)8-11/h3-5,8,12,16H,6-7,9H2,1-2H3. The second-order valence-electron chi connectivity index (χ2n) is 5.18. The molecule has 1 atom stereocenters. The first-order valence-electron chi connectivity index (χ1n) is 5.68. The van der Waals surface area contributed by atoms with Crippen LogP contribution in [-0.4, -0.2) is 24.3 Å². The first kappa shape index (κ1) is 11.7. The third kappa shape index (κ3) is 2.33. The summed E-state index contributed by atoms with van der Waals surface area (Å²) >= 11 is 5.97. The Balaban J connectivity index is 2.14. The summed E-state index contributed by atoms with van der Waals surface area (Å²) in [4.78, 5) is 2.20. The molecule has 0 amide bonds. The number of rotatable bonds is 1. The van der Waals surface area contributed by atoms with Crippen LogP contribution in [0, 0.1) is 5.41 Å². The van der Waals surface area contributed by atoms with Crippen LogP contribution in [0.2, 0.25) is 5.02 Å². The summed E-state index contributed by atoms with van der Waals surface area (Å²) in [6.45, 7) is 5.90. The summed E-state index contributed by atoms with van der Waals surface area (Å²) in [5.74, 6) is 0. The number of nitrogens with zero attached hydrogens (tertiary/aromatic N) is 1. The van der Waals surface area contributed by atoms with Gasteiger partial charge in [-0.1, -0.05) is 31.5 Å². The highest BCUT2D eigenvalue weighted by Gasteiger charge is 2.34. The van der Waals surface area contributed by atoms with Gasteiger partial charge in [0.25, 0.3) is 0 Å². The zero-order chi connectivity index (χ0) is 11.8. The van der Waals surface area contributed by atoms with Crippen LogP contribution < -0.4 is 4.90 Å². The molecule has 1 aromatic rings. The van der Waals surface area contributed by atoms with Gasteiger partial charge in [0.1, 0.15) is 0 Å². The average Bonchev–Trinajstić information content (AvgIpc) is 2.22. The van der Waals surface area contributed by atoms with E-state index in [2.05, 4.69) is 18.7 Å². The van der Waals surface area contributed by atoms with Crippen LogP contribution in [0.1, 0.15) is 20.3 Å². The van der Waals surface area contributed by atoms with Crippen LogP contribution in [0.5, 0.6) is 0 Å². The Bertz CT molecular complexity index is 378. The highest BCUT2D eigenvalue weighted by Crippen LogP contribution is 2.33. The zero-order valence-electron chi connectivity index (χ0n) is 9.78. The van der Waals surface area contributed by atoms with Crippen LogP contribution in [0.15, 0.2) is 24.3 Å². The van der Waals surface area contributed by atoms with Crippen molar-refractivity contribution >= 4 is 17.3 Å². The molecule has 16 heavy (non-hydrogen) atoms. The molecule has 1 unspecified atom stereocenters.